The van der Waals surface area contributed by atoms with E-state index in [-0.39, 0.29) is 68.9 Å². The number of aryl methyl sites for hydroxylation is 1. The summed E-state index contributed by atoms with van der Waals surface area (Å²) in [4.78, 5) is 68.7. The number of cyclic esters (lactones) is 1. The van der Waals surface area contributed by atoms with Crippen molar-refractivity contribution in [3.05, 3.63) is 125 Å². The lowest BCUT2D eigenvalue weighted by molar-refractivity contribution is -0.303. The molecule has 1 saturated carbocycles. The van der Waals surface area contributed by atoms with E-state index in [1.807, 2.05) is 67.2 Å². The Morgan fingerprint density at radius 1 is 0.884 bits per heavy atom. The van der Waals surface area contributed by atoms with Crippen LogP contribution >= 0.6 is 23.4 Å². The number of Topliss-reactive ketones (excluding diaryl/α,β-unsaturated/α-hetero) is 2. The van der Waals surface area contributed by atoms with Gasteiger partial charge in [0.25, 0.3) is 11.7 Å². The first-order valence-corrected chi connectivity index (χ1v) is 35.0. The van der Waals surface area contributed by atoms with Gasteiger partial charge in [-0.25, -0.2) is 19.2 Å². The maximum absolute atomic E-state index is 14.8. The van der Waals surface area contributed by atoms with Gasteiger partial charge in [-0.1, -0.05) is 55.3 Å². The van der Waals surface area contributed by atoms with Crippen LogP contribution in [0, 0.1) is 35.4 Å². The average Bonchev–Trinajstić information content (AvgIpc) is 1.52. The quantitative estimate of drug-likeness (QED) is 0.0198. The Kier molecular flexibility index (Phi) is 26.5. The fraction of sp³-hybridized carbons (Fsp3) is 0.562. The molecule has 0 radical (unpaired) electrons. The number of methoxy groups -OCH3 is 3. The van der Waals surface area contributed by atoms with Crippen LogP contribution in [0.4, 0.5) is 15.9 Å². The van der Waals surface area contributed by atoms with Crippen molar-refractivity contribution in [2.75, 3.05) is 51.3 Å². The molecule has 0 unspecified atom stereocenters. The number of benzene rings is 3. The molecular weight excluding hydrogens is 1260 g/mol. The van der Waals surface area contributed by atoms with E-state index in [1.165, 1.54) is 32.7 Å². The van der Waals surface area contributed by atoms with Gasteiger partial charge in [-0.2, -0.15) is 11.8 Å². The Morgan fingerprint density at radius 3 is 2.43 bits per heavy atom. The van der Waals surface area contributed by atoms with Gasteiger partial charge in [-0.15, -0.1) is 0 Å². The standard InChI is InChI=1S/C73H94ClFN4O15S/c1-43-30-49(15-13-29-95-28-11-9-17-54-22-26-63(92-54)50-20-23-58-56(36-50)70(77-42-76-58)78-53-21-25-64(57(74)37-53)91-41-48-14-12-16-52(75)35-48)62(83)39-61(82)46(4)67(44(2)32-47-19-24-60(81)51(34-47)40-80)93-72(86)59-18-8-10-27-79(59)71(85)69(84)73(87)45(3)33-65(89-6)68(94-73)66(90-7)38-55(31-43)88-5/h12,14,16,20-23,25-26,30,32,35-37,42,45-47,49,51,55,59-61,65-68,80-82,87H,8-11,13,15,17-19,24,27-29,31,33-34,38-41H2,1-7H3,(H,76,77,78)/b43-30+,44-32+/t45-,46-,47+,49-,51+,55+,59+,60-,61+,65+,66+,67-,68+,73-/m1/s1. The minimum atomic E-state index is -2.60. The maximum atomic E-state index is 14.8. The van der Waals surface area contributed by atoms with Gasteiger partial charge in [0.2, 0.25) is 5.79 Å². The highest BCUT2D eigenvalue weighted by Crippen LogP contribution is 2.41. The summed E-state index contributed by atoms with van der Waals surface area (Å²) < 4.78 is 56.7. The largest absolute Gasteiger partial charge is 0.487 e. The molecule has 9 rings (SSSR count). The number of aliphatic hydroxyl groups is 4. The Labute approximate surface area is 565 Å². The Hall–Kier alpha value is -6.11. The Morgan fingerprint density at radius 2 is 1.67 bits per heavy atom. The highest BCUT2D eigenvalue weighted by Gasteiger charge is 2.57. The molecule has 0 spiro atoms. The number of esters is 1. The van der Waals surface area contributed by atoms with Crippen molar-refractivity contribution in [3.8, 4) is 17.1 Å². The van der Waals surface area contributed by atoms with Gasteiger partial charge in [0.1, 0.15) is 65.9 Å². The zero-order valence-electron chi connectivity index (χ0n) is 55.6. The molecule has 3 fully saturated rings. The number of carbonyl (C=O) groups is 4. The number of aliphatic hydroxyl groups excluding tert-OH is 3. The number of unbranched alkanes of at least 4 members (excludes halogenated alkanes) is 1. The number of furan rings is 1. The van der Waals surface area contributed by atoms with Crippen LogP contribution in [0.5, 0.6) is 5.75 Å². The molecule has 1 amide bonds. The van der Waals surface area contributed by atoms with Gasteiger partial charge < -0.3 is 63.5 Å². The summed E-state index contributed by atoms with van der Waals surface area (Å²) in [5, 5.41) is 49.7. The minimum absolute atomic E-state index is 0.0392. The number of amides is 1. The summed E-state index contributed by atoms with van der Waals surface area (Å²) in [7, 11) is 4.58. The van der Waals surface area contributed by atoms with E-state index in [2.05, 4.69) is 15.3 Å². The topological polar surface area (TPSA) is 259 Å². The van der Waals surface area contributed by atoms with Crippen molar-refractivity contribution >= 4 is 69.2 Å². The van der Waals surface area contributed by atoms with Crippen molar-refractivity contribution in [2.24, 2.45) is 29.6 Å². The molecule has 5 aromatic rings. The number of carbonyl (C=O) groups excluding carboxylic acids is 4. The first kappa shape index (κ1) is 73.1. The van der Waals surface area contributed by atoms with Crippen molar-refractivity contribution in [1.82, 2.24) is 14.9 Å². The number of nitrogens with one attached hydrogen (secondary N) is 1. The van der Waals surface area contributed by atoms with Crippen LogP contribution in [-0.2, 0) is 55.9 Å². The van der Waals surface area contributed by atoms with E-state index < -0.39 is 90.0 Å². The molecule has 5 heterocycles. The van der Waals surface area contributed by atoms with E-state index in [4.69, 9.17) is 44.4 Å². The fourth-order valence-corrected chi connectivity index (χ4v) is 15.1. The number of thioether (sulfide) groups is 1. The number of piperidine rings is 1. The molecule has 3 aromatic carbocycles. The third-order valence-corrected chi connectivity index (χ3v) is 20.9. The third-order valence-electron chi connectivity index (χ3n) is 19.5. The van der Waals surface area contributed by atoms with E-state index in [0.717, 1.165) is 63.5 Å². The third kappa shape index (κ3) is 18.8. The van der Waals surface area contributed by atoms with Crippen LogP contribution in [0.1, 0.15) is 129 Å². The molecule has 2 bridgehead atoms. The molecule has 516 valence electrons. The number of allylic oxidation sites excluding steroid dienone is 2. The van der Waals surface area contributed by atoms with Gasteiger partial charge in [0, 0.05) is 94.1 Å². The predicted molar refractivity (Wildman–Crippen MR) is 361 cm³/mol. The van der Waals surface area contributed by atoms with E-state index in [0.29, 0.717) is 90.5 Å². The number of hydrogen-bond acceptors (Lipinski definition) is 19. The van der Waals surface area contributed by atoms with Gasteiger partial charge in [0.05, 0.1) is 41.1 Å². The van der Waals surface area contributed by atoms with Crippen LogP contribution < -0.4 is 10.1 Å². The summed E-state index contributed by atoms with van der Waals surface area (Å²) in [6.07, 6.45) is 6.55. The predicted octanol–water partition coefficient (Wildman–Crippen LogP) is 11.9. The Bertz CT molecular complexity index is 3480. The number of hydrogen-bond donors (Lipinski definition) is 5. The van der Waals surface area contributed by atoms with E-state index in [9.17, 15) is 44.0 Å². The second kappa shape index (κ2) is 34.4. The van der Waals surface area contributed by atoms with Crippen LogP contribution in [0.25, 0.3) is 22.2 Å². The van der Waals surface area contributed by atoms with Crippen LogP contribution in [0.3, 0.4) is 0 Å². The molecule has 2 saturated heterocycles. The summed E-state index contributed by atoms with van der Waals surface area (Å²) >= 11 is 8.44. The van der Waals surface area contributed by atoms with Crippen LogP contribution in [-0.4, -0.2) is 159 Å². The minimum Gasteiger partial charge on any atom is -0.487 e. The van der Waals surface area contributed by atoms with Gasteiger partial charge in [-0.05, 0) is 180 Å². The molecule has 1 aliphatic carbocycles. The Balaban J connectivity index is 0.856. The van der Waals surface area contributed by atoms with Gasteiger partial charge in [0.15, 0.2) is 0 Å². The van der Waals surface area contributed by atoms with Crippen LogP contribution in [0.2, 0.25) is 5.02 Å². The molecule has 95 heavy (non-hydrogen) atoms. The van der Waals surface area contributed by atoms with Crippen molar-refractivity contribution < 1.29 is 76.8 Å². The van der Waals surface area contributed by atoms with E-state index >= 15 is 0 Å². The monoisotopic (exact) mass is 1350 g/mol. The van der Waals surface area contributed by atoms with Crippen molar-refractivity contribution in [1.29, 1.82) is 0 Å². The lowest BCUT2D eigenvalue weighted by atomic mass is 9.78. The number of halogens is 2. The summed E-state index contributed by atoms with van der Waals surface area (Å²) in [6, 6.07) is 20.2. The van der Waals surface area contributed by atoms with Crippen molar-refractivity contribution in [3.63, 3.8) is 0 Å². The average molecular weight is 1350 g/mol. The molecular formula is C73H94ClFN4O15S. The first-order chi connectivity index (χ1) is 45.7. The zero-order valence-corrected chi connectivity index (χ0v) is 57.2. The summed E-state index contributed by atoms with van der Waals surface area (Å²) in [5.74, 6) is -4.65. The molecule has 22 heteroatoms. The number of ketones is 2. The smallest absolute Gasteiger partial charge is 0.329 e. The van der Waals surface area contributed by atoms with Crippen LogP contribution in [0.15, 0.2) is 107 Å². The zero-order chi connectivity index (χ0) is 67.9. The molecule has 2 aromatic heterocycles. The van der Waals surface area contributed by atoms with Gasteiger partial charge >= 0.3 is 5.97 Å². The first-order valence-electron chi connectivity index (χ1n) is 33.5. The second-order valence-corrected chi connectivity index (χ2v) is 27.9. The number of anilines is 2. The number of rotatable bonds is 21. The van der Waals surface area contributed by atoms with Crippen molar-refractivity contribution in [2.45, 2.75) is 185 Å². The number of ether oxygens (including phenoxy) is 6. The maximum Gasteiger partial charge on any atom is 0.329 e. The second-order valence-electron chi connectivity index (χ2n) is 26.3. The normalized spacial score (nSPS) is 29.3. The SMILES string of the molecule is CO[C@H]1C/C(C)=C/[C@@H](CCCSCCCCc2ccc(-c3ccc4ncnc(Nc5ccc(OCc6cccc(F)c6)c(Cl)c5)c4c3)o2)C(=O)C[C@H](O)[C@@H](C)[C@@H](/C(C)=C/[C@@H]2CC[C@@H](O)[C@H](CO)C2)OC(=O)[C@@H]2CCCCN2C(=O)C(=O)[C@]2(O)O[C@H]([C@@H](OC)C1)[C@@H](OC)C[C@H]2C. The molecule has 4 aliphatic rings. The fourth-order valence-electron chi connectivity index (χ4n) is 13.8. The van der Waals surface area contributed by atoms with E-state index in [1.54, 1.807) is 52.1 Å². The molecule has 3 aliphatic heterocycles. The summed E-state index contributed by atoms with van der Waals surface area (Å²) in [6.45, 7) is 7.09. The lowest BCUT2D eigenvalue weighted by Crippen LogP contribution is -2.64. The number of nitrogens with zero attached hydrogens (tertiary/aromatic N) is 3. The van der Waals surface area contributed by atoms with Gasteiger partial charge in [-0.3, -0.25) is 14.4 Å². The number of aromatic nitrogens is 2. The lowest BCUT2D eigenvalue weighted by Gasteiger charge is -2.47. The number of fused-ring (bicyclic) bond motifs is 4. The summed E-state index contributed by atoms with van der Waals surface area (Å²) in [5.41, 5.74) is 4.45. The molecule has 14 atom stereocenters. The molecule has 19 nitrogen and oxygen atoms in total. The molecule has 5 N–H and O–H groups in total. The highest BCUT2D eigenvalue weighted by atomic mass is 35.5. The highest BCUT2D eigenvalue weighted by molar-refractivity contribution is 7.99.